The molecule has 1 aliphatic carbocycles. The molecule has 3 rings (SSSR count). The summed E-state index contributed by atoms with van der Waals surface area (Å²) in [5, 5.41) is 8.81. The van der Waals surface area contributed by atoms with E-state index >= 15 is 0 Å². The van der Waals surface area contributed by atoms with Gasteiger partial charge in [0.15, 0.2) is 0 Å². The summed E-state index contributed by atoms with van der Waals surface area (Å²) in [6.07, 6.45) is 4.75. The van der Waals surface area contributed by atoms with E-state index < -0.39 is 0 Å². The largest absolute Gasteiger partial charge is 0.441 e. The number of benzene rings is 1. The molecule has 1 aromatic carbocycles. The van der Waals surface area contributed by atoms with Crippen LogP contribution in [0.25, 0.3) is 0 Å². The number of nitriles is 1. The Kier molecular flexibility index (Phi) is 5.37. The van der Waals surface area contributed by atoms with Gasteiger partial charge >= 0.3 is 6.09 Å². The summed E-state index contributed by atoms with van der Waals surface area (Å²) in [5.41, 5.74) is 2.20. The standard InChI is InChI=1S/C19H24N2O3/c1-23-13-18-12-21(19(22)24-18)17-8-6-16(7-9-17)15-4-2-14(3-5-15)10-11-20/h6-9,14-15,18H,2-5,10,12-13H2,1H3/t14-,15-,18?. The topological polar surface area (TPSA) is 62.6 Å². The van der Waals surface area contributed by atoms with Crippen molar-refractivity contribution in [1.82, 2.24) is 0 Å². The van der Waals surface area contributed by atoms with Crippen LogP contribution in [0.1, 0.15) is 43.6 Å². The molecule has 1 saturated heterocycles. The Morgan fingerprint density at radius 2 is 1.96 bits per heavy atom. The van der Waals surface area contributed by atoms with Crippen LogP contribution in [0.4, 0.5) is 10.5 Å². The number of carbonyl (C=O) groups excluding carboxylic acids is 1. The molecule has 2 aliphatic rings. The van der Waals surface area contributed by atoms with Crippen molar-refractivity contribution in [2.75, 3.05) is 25.2 Å². The molecule has 24 heavy (non-hydrogen) atoms. The lowest BCUT2D eigenvalue weighted by Gasteiger charge is -2.27. The van der Waals surface area contributed by atoms with Crippen LogP contribution in [0.2, 0.25) is 0 Å². The van der Waals surface area contributed by atoms with Gasteiger partial charge in [0.1, 0.15) is 6.10 Å². The van der Waals surface area contributed by atoms with Crippen molar-refractivity contribution in [1.29, 1.82) is 5.26 Å². The monoisotopic (exact) mass is 328 g/mol. The summed E-state index contributed by atoms with van der Waals surface area (Å²) in [7, 11) is 1.61. The first-order valence-corrected chi connectivity index (χ1v) is 8.65. The van der Waals surface area contributed by atoms with Gasteiger partial charge in [-0.2, -0.15) is 5.26 Å². The number of carbonyl (C=O) groups is 1. The Morgan fingerprint density at radius 3 is 2.58 bits per heavy atom. The van der Waals surface area contributed by atoms with E-state index in [-0.39, 0.29) is 12.2 Å². The summed E-state index contributed by atoms with van der Waals surface area (Å²) in [6, 6.07) is 10.6. The molecular formula is C19H24N2O3. The van der Waals surface area contributed by atoms with Gasteiger partial charge in [0, 0.05) is 19.2 Å². The zero-order valence-electron chi connectivity index (χ0n) is 14.1. The summed E-state index contributed by atoms with van der Waals surface area (Å²) in [6.45, 7) is 0.956. The fourth-order valence-electron chi connectivity index (χ4n) is 3.76. The van der Waals surface area contributed by atoms with E-state index in [1.165, 1.54) is 5.56 Å². The van der Waals surface area contributed by atoms with Gasteiger partial charge in [-0.1, -0.05) is 12.1 Å². The van der Waals surface area contributed by atoms with Gasteiger partial charge in [-0.15, -0.1) is 0 Å². The third-order valence-electron chi connectivity index (χ3n) is 5.13. The first-order chi connectivity index (χ1) is 11.7. The fourth-order valence-corrected chi connectivity index (χ4v) is 3.76. The van der Waals surface area contributed by atoms with Crippen molar-refractivity contribution in [3.05, 3.63) is 29.8 Å². The number of methoxy groups -OCH3 is 1. The molecule has 1 saturated carbocycles. The highest BCUT2D eigenvalue weighted by molar-refractivity contribution is 5.89. The molecule has 1 aromatic rings. The molecule has 1 atom stereocenters. The van der Waals surface area contributed by atoms with Crippen LogP contribution < -0.4 is 4.90 Å². The lowest BCUT2D eigenvalue weighted by molar-refractivity contribution is 0.0718. The SMILES string of the molecule is COCC1CN(c2ccc([C@H]3CC[C@H](CC#N)CC3)cc2)C(=O)O1. The minimum Gasteiger partial charge on any atom is -0.441 e. The molecule has 1 amide bonds. The van der Waals surface area contributed by atoms with E-state index in [0.717, 1.165) is 31.4 Å². The van der Waals surface area contributed by atoms with E-state index in [4.69, 9.17) is 14.7 Å². The highest BCUT2D eigenvalue weighted by Gasteiger charge is 2.32. The molecule has 1 heterocycles. The maximum absolute atomic E-state index is 12.0. The second-order valence-electron chi connectivity index (χ2n) is 6.74. The van der Waals surface area contributed by atoms with Crippen LogP contribution in [0, 0.1) is 17.2 Å². The van der Waals surface area contributed by atoms with Crippen molar-refractivity contribution < 1.29 is 14.3 Å². The number of amides is 1. The second kappa shape index (κ2) is 7.67. The molecule has 0 radical (unpaired) electrons. The number of anilines is 1. The average Bonchev–Trinajstić information content (AvgIpc) is 2.97. The molecular weight excluding hydrogens is 304 g/mol. The molecule has 1 unspecified atom stereocenters. The van der Waals surface area contributed by atoms with Gasteiger partial charge in [-0.3, -0.25) is 4.90 Å². The van der Waals surface area contributed by atoms with Gasteiger partial charge in [-0.05, 0) is 55.2 Å². The molecule has 5 nitrogen and oxygen atoms in total. The lowest BCUT2D eigenvalue weighted by atomic mass is 9.78. The van der Waals surface area contributed by atoms with Crippen molar-refractivity contribution in [2.24, 2.45) is 5.92 Å². The number of hydrogen-bond donors (Lipinski definition) is 0. The van der Waals surface area contributed by atoms with E-state index in [9.17, 15) is 4.79 Å². The summed E-state index contributed by atoms with van der Waals surface area (Å²) in [4.78, 5) is 13.6. The van der Waals surface area contributed by atoms with Crippen molar-refractivity contribution in [2.45, 2.75) is 44.1 Å². The quantitative estimate of drug-likeness (QED) is 0.823. The smallest absolute Gasteiger partial charge is 0.414 e. The third-order valence-corrected chi connectivity index (χ3v) is 5.13. The summed E-state index contributed by atoms with van der Waals surface area (Å²) >= 11 is 0. The highest BCUT2D eigenvalue weighted by Crippen LogP contribution is 2.37. The molecule has 1 aliphatic heterocycles. The molecule has 2 fully saturated rings. The molecule has 128 valence electrons. The summed E-state index contributed by atoms with van der Waals surface area (Å²) < 4.78 is 10.3. The normalized spacial score (nSPS) is 26.9. The van der Waals surface area contributed by atoms with Gasteiger partial charge in [0.25, 0.3) is 0 Å². The number of ether oxygens (including phenoxy) is 2. The van der Waals surface area contributed by atoms with E-state index in [1.807, 2.05) is 12.1 Å². The molecule has 0 bridgehead atoms. The van der Waals surface area contributed by atoms with Gasteiger partial charge in [0.2, 0.25) is 0 Å². The van der Waals surface area contributed by atoms with E-state index in [1.54, 1.807) is 12.0 Å². The Balaban J connectivity index is 1.60. The predicted octanol–water partition coefficient (Wildman–Crippen LogP) is 3.85. The fraction of sp³-hybridized carbons (Fsp3) is 0.579. The minimum absolute atomic E-state index is 0.197. The Morgan fingerprint density at radius 1 is 1.25 bits per heavy atom. The second-order valence-corrected chi connectivity index (χ2v) is 6.74. The molecule has 0 N–H and O–H groups in total. The minimum atomic E-state index is -0.304. The molecule has 0 spiro atoms. The van der Waals surface area contributed by atoms with Crippen LogP contribution in [0.15, 0.2) is 24.3 Å². The first-order valence-electron chi connectivity index (χ1n) is 8.65. The number of hydrogen-bond acceptors (Lipinski definition) is 4. The summed E-state index contributed by atoms with van der Waals surface area (Å²) in [5.74, 6) is 1.14. The van der Waals surface area contributed by atoms with Gasteiger partial charge in [-0.25, -0.2) is 4.79 Å². The van der Waals surface area contributed by atoms with Crippen molar-refractivity contribution >= 4 is 11.8 Å². The van der Waals surface area contributed by atoms with E-state index in [0.29, 0.717) is 31.4 Å². The van der Waals surface area contributed by atoms with Crippen LogP contribution >= 0.6 is 0 Å². The maximum Gasteiger partial charge on any atom is 0.414 e. The number of cyclic esters (lactones) is 1. The molecule has 5 heteroatoms. The van der Waals surface area contributed by atoms with Crippen LogP contribution in [0.5, 0.6) is 0 Å². The van der Waals surface area contributed by atoms with Crippen LogP contribution in [0.3, 0.4) is 0 Å². The lowest BCUT2D eigenvalue weighted by Crippen LogP contribution is -2.25. The first kappa shape index (κ1) is 16.8. The Bertz CT molecular complexity index is 600. The van der Waals surface area contributed by atoms with E-state index in [2.05, 4.69) is 18.2 Å². The number of nitrogens with zero attached hydrogens (tertiary/aromatic N) is 2. The zero-order valence-corrected chi connectivity index (χ0v) is 14.1. The number of rotatable bonds is 5. The highest BCUT2D eigenvalue weighted by atomic mass is 16.6. The zero-order chi connectivity index (χ0) is 16.9. The average molecular weight is 328 g/mol. The van der Waals surface area contributed by atoms with Crippen LogP contribution in [-0.2, 0) is 9.47 Å². The predicted molar refractivity (Wildman–Crippen MR) is 90.9 cm³/mol. The molecule has 0 aromatic heterocycles. The Hall–Kier alpha value is -2.06. The maximum atomic E-state index is 12.0. The van der Waals surface area contributed by atoms with Gasteiger partial charge in [0.05, 0.1) is 19.2 Å². The third kappa shape index (κ3) is 3.70. The van der Waals surface area contributed by atoms with Gasteiger partial charge < -0.3 is 9.47 Å². The van der Waals surface area contributed by atoms with Crippen molar-refractivity contribution in [3.8, 4) is 6.07 Å². The Labute approximate surface area is 143 Å². The van der Waals surface area contributed by atoms with Crippen molar-refractivity contribution in [3.63, 3.8) is 0 Å². The van der Waals surface area contributed by atoms with Crippen LogP contribution in [-0.4, -0.2) is 32.5 Å².